The summed E-state index contributed by atoms with van der Waals surface area (Å²) in [5.41, 5.74) is 2.03. The zero-order valence-corrected chi connectivity index (χ0v) is 10.3. The molecule has 0 spiro atoms. The molecule has 0 amide bonds. The van der Waals surface area contributed by atoms with E-state index in [4.69, 9.17) is 0 Å². The summed E-state index contributed by atoms with van der Waals surface area (Å²) < 4.78 is 0. The molecular weight excluding hydrogens is 216 g/mol. The second kappa shape index (κ2) is 4.73. The maximum absolute atomic E-state index is 11.3. The number of aromatic nitrogens is 1. The van der Waals surface area contributed by atoms with Crippen molar-refractivity contribution in [3.05, 3.63) is 24.0 Å². The van der Waals surface area contributed by atoms with Gasteiger partial charge in [-0.25, -0.2) is 4.79 Å². The molecule has 0 aliphatic carbocycles. The van der Waals surface area contributed by atoms with E-state index in [9.17, 15) is 9.90 Å². The molecular formula is C13H18N2O2. The first-order valence-electron chi connectivity index (χ1n) is 5.99. The average molecular weight is 234 g/mol. The number of hydrogen-bond acceptors (Lipinski definition) is 3. The monoisotopic (exact) mass is 234 g/mol. The summed E-state index contributed by atoms with van der Waals surface area (Å²) in [4.78, 5) is 17.4. The van der Waals surface area contributed by atoms with Gasteiger partial charge in [-0.05, 0) is 37.3 Å². The van der Waals surface area contributed by atoms with E-state index >= 15 is 0 Å². The molecule has 2 atom stereocenters. The van der Waals surface area contributed by atoms with Gasteiger partial charge in [-0.1, -0.05) is 6.92 Å². The fraction of sp³-hybridized carbons (Fsp3) is 0.538. The van der Waals surface area contributed by atoms with E-state index in [1.807, 2.05) is 17.9 Å². The Morgan fingerprint density at radius 1 is 1.59 bits per heavy atom. The molecule has 0 radical (unpaired) electrons. The average Bonchev–Trinajstić information content (AvgIpc) is 2.30. The molecule has 1 aliphatic heterocycles. The van der Waals surface area contributed by atoms with Crippen LogP contribution in [0, 0.1) is 12.8 Å². The maximum Gasteiger partial charge on any atom is 0.326 e. The molecule has 17 heavy (non-hydrogen) atoms. The van der Waals surface area contributed by atoms with E-state index in [2.05, 4.69) is 11.9 Å². The van der Waals surface area contributed by atoms with Crippen LogP contribution in [-0.2, 0) is 4.79 Å². The van der Waals surface area contributed by atoms with Gasteiger partial charge in [0, 0.05) is 24.6 Å². The number of aliphatic carboxylic acids is 1. The van der Waals surface area contributed by atoms with Gasteiger partial charge in [0.2, 0.25) is 0 Å². The number of carboxylic acids is 1. The molecule has 0 bridgehead atoms. The van der Waals surface area contributed by atoms with Gasteiger partial charge in [0.05, 0.1) is 0 Å². The molecule has 1 aromatic rings. The fourth-order valence-electron chi connectivity index (χ4n) is 2.45. The van der Waals surface area contributed by atoms with Crippen LogP contribution in [0.2, 0.25) is 0 Å². The molecule has 0 saturated carbocycles. The third-order valence-corrected chi connectivity index (χ3v) is 3.45. The standard InChI is InChI=1S/C13H18N2O2/c1-9-4-6-15(12(7-9)13(16)17)11-3-5-14-8-10(11)2/h3,5,8-9,12H,4,6-7H2,1-2H3,(H,16,17). The van der Waals surface area contributed by atoms with Crippen LogP contribution in [0.5, 0.6) is 0 Å². The molecule has 4 heteroatoms. The highest BCUT2D eigenvalue weighted by Crippen LogP contribution is 2.29. The first kappa shape index (κ1) is 11.9. The van der Waals surface area contributed by atoms with Gasteiger partial charge in [-0.3, -0.25) is 4.98 Å². The predicted molar refractivity (Wildman–Crippen MR) is 66.1 cm³/mol. The van der Waals surface area contributed by atoms with Gasteiger partial charge in [0.1, 0.15) is 6.04 Å². The number of aryl methyl sites for hydroxylation is 1. The van der Waals surface area contributed by atoms with Crippen LogP contribution in [0.4, 0.5) is 5.69 Å². The van der Waals surface area contributed by atoms with Crippen molar-refractivity contribution in [3.63, 3.8) is 0 Å². The first-order valence-corrected chi connectivity index (χ1v) is 5.99. The summed E-state index contributed by atoms with van der Waals surface area (Å²) in [6, 6.07) is 1.50. The van der Waals surface area contributed by atoms with Crippen LogP contribution in [0.3, 0.4) is 0 Å². The number of carbonyl (C=O) groups is 1. The Morgan fingerprint density at radius 3 is 3.00 bits per heavy atom. The number of anilines is 1. The lowest BCUT2D eigenvalue weighted by atomic mass is 9.91. The highest BCUT2D eigenvalue weighted by Gasteiger charge is 2.32. The number of piperidine rings is 1. The number of pyridine rings is 1. The van der Waals surface area contributed by atoms with Gasteiger partial charge < -0.3 is 10.0 Å². The fourth-order valence-corrected chi connectivity index (χ4v) is 2.45. The Hall–Kier alpha value is -1.58. The molecule has 2 unspecified atom stereocenters. The Morgan fingerprint density at radius 2 is 2.35 bits per heavy atom. The number of hydrogen-bond donors (Lipinski definition) is 1. The second-order valence-corrected chi connectivity index (χ2v) is 4.84. The van der Waals surface area contributed by atoms with Crippen LogP contribution in [0.15, 0.2) is 18.5 Å². The van der Waals surface area contributed by atoms with Gasteiger partial charge in [0.25, 0.3) is 0 Å². The zero-order chi connectivity index (χ0) is 12.4. The molecule has 2 rings (SSSR count). The largest absolute Gasteiger partial charge is 0.480 e. The highest BCUT2D eigenvalue weighted by molar-refractivity contribution is 5.79. The molecule has 92 valence electrons. The Labute approximate surface area is 101 Å². The Balaban J connectivity index is 2.30. The molecule has 2 heterocycles. The maximum atomic E-state index is 11.3. The molecule has 1 N–H and O–H groups in total. The summed E-state index contributed by atoms with van der Waals surface area (Å²) >= 11 is 0. The normalized spacial score (nSPS) is 24.7. The van der Waals surface area contributed by atoms with Crippen molar-refractivity contribution in [2.45, 2.75) is 32.7 Å². The van der Waals surface area contributed by atoms with E-state index in [1.54, 1.807) is 12.4 Å². The summed E-state index contributed by atoms with van der Waals surface area (Å²) in [5, 5.41) is 9.32. The number of rotatable bonds is 2. The van der Waals surface area contributed by atoms with Crippen LogP contribution in [0.25, 0.3) is 0 Å². The van der Waals surface area contributed by atoms with Crippen LogP contribution >= 0.6 is 0 Å². The lowest BCUT2D eigenvalue weighted by molar-refractivity contribution is -0.139. The van der Waals surface area contributed by atoms with Gasteiger partial charge in [-0.15, -0.1) is 0 Å². The number of carboxylic acid groups (broad SMARTS) is 1. The molecule has 1 saturated heterocycles. The van der Waals surface area contributed by atoms with Crippen molar-refractivity contribution >= 4 is 11.7 Å². The third-order valence-electron chi connectivity index (χ3n) is 3.45. The van der Waals surface area contributed by atoms with Crippen molar-refractivity contribution < 1.29 is 9.90 Å². The lowest BCUT2D eigenvalue weighted by Gasteiger charge is -2.38. The minimum atomic E-state index is -0.729. The topological polar surface area (TPSA) is 53.4 Å². The van der Waals surface area contributed by atoms with Gasteiger partial charge >= 0.3 is 5.97 Å². The molecule has 4 nitrogen and oxygen atoms in total. The van der Waals surface area contributed by atoms with Crippen molar-refractivity contribution in [3.8, 4) is 0 Å². The van der Waals surface area contributed by atoms with E-state index in [-0.39, 0.29) is 0 Å². The summed E-state index contributed by atoms with van der Waals surface area (Å²) in [6.07, 6.45) is 5.27. The van der Waals surface area contributed by atoms with E-state index in [1.165, 1.54) is 0 Å². The van der Waals surface area contributed by atoms with E-state index in [0.717, 1.165) is 30.6 Å². The minimum Gasteiger partial charge on any atom is -0.480 e. The van der Waals surface area contributed by atoms with E-state index < -0.39 is 12.0 Å². The second-order valence-electron chi connectivity index (χ2n) is 4.84. The first-order chi connectivity index (χ1) is 8.09. The summed E-state index contributed by atoms with van der Waals surface area (Å²) in [6.45, 7) is 4.90. The highest BCUT2D eigenvalue weighted by atomic mass is 16.4. The molecule has 0 aromatic carbocycles. The molecule has 1 aliphatic rings. The Kier molecular flexibility index (Phi) is 3.31. The quantitative estimate of drug-likeness (QED) is 0.851. The SMILES string of the molecule is Cc1cnccc1N1CCC(C)CC1C(=O)O. The lowest BCUT2D eigenvalue weighted by Crippen LogP contribution is -2.47. The minimum absolute atomic E-state index is 0.403. The van der Waals surface area contributed by atoms with Crippen LogP contribution < -0.4 is 4.90 Å². The van der Waals surface area contributed by atoms with Crippen molar-refractivity contribution in [2.24, 2.45) is 5.92 Å². The summed E-state index contributed by atoms with van der Waals surface area (Å²) in [7, 11) is 0. The zero-order valence-electron chi connectivity index (χ0n) is 10.3. The Bertz CT molecular complexity index is 420. The van der Waals surface area contributed by atoms with Crippen molar-refractivity contribution in [1.29, 1.82) is 0 Å². The molecule has 1 fully saturated rings. The van der Waals surface area contributed by atoms with Gasteiger partial charge in [0.15, 0.2) is 0 Å². The smallest absolute Gasteiger partial charge is 0.326 e. The summed E-state index contributed by atoms with van der Waals surface area (Å²) in [5.74, 6) is -0.248. The van der Waals surface area contributed by atoms with Gasteiger partial charge in [-0.2, -0.15) is 0 Å². The predicted octanol–water partition coefficient (Wildman–Crippen LogP) is 2.08. The van der Waals surface area contributed by atoms with Crippen molar-refractivity contribution in [1.82, 2.24) is 4.98 Å². The third kappa shape index (κ3) is 2.40. The van der Waals surface area contributed by atoms with Crippen LogP contribution in [0.1, 0.15) is 25.3 Å². The van der Waals surface area contributed by atoms with E-state index in [0.29, 0.717) is 5.92 Å². The number of nitrogens with zero attached hydrogens (tertiary/aromatic N) is 2. The van der Waals surface area contributed by atoms with Crippen LogP contribution in [-0.4, -0.2) is 28.6 Å². The van der Waals surface area contributed by atoms with Crippen molar-refractivity contribution in [2.75, 3.05) is 11.4 Å². The molecule has 1 aromatic heterocycles.